The molecule has 1 aromatic carbocycles. The van der Waals surface area contributed by atoms with Gasteiger partial charge in [-0.1, -0.05) is 23.2 Å². The molecule has 1 aliphatic heterocycles. The summed E-state index contributed by atoms with van der Waals surface area (Å²) in [5, 5.41) is 7.35. The molecule has 2 aromatic rings. The molecule has 24 heavy (non-hydrogen) atoms. The van der Waals surface area contributed by atoms with Crippen molar-refractivity contribution in [2.75, 3.05) is 22.1 Å². The van der Waals surface area contributed by atoms with Crippen LogP contribution in [0.2, 0.25) is 10.0 Å². The molecule has 2 heterocycles. The fourth-order valence-corrected chi connectivity index (χ4v) is 4.57. The van der Waals surface area contributed by atoms with E-state index in [9.17, 15) is 8.42 Å². The van der Waals surface area contributed by atoms with Crippen LogP contribution in [0.25, 0.3) is 0 Å². The van der Waals surface area contributed by atoms with Gasteiger partial charge in [0.1, 0.15) is 17.5 Å². The van der Waals surface area contributed by atoms with Gasteiger partial charge in [-0.3, -0.25) is 0 Å². The summed E-state index contributed by atoms with van der Waals surface area (Å²) in [7, 11) is -2.95. The second kappa shape index (κ2) is 6.74. The zero-order valence-electron chi connectivity index (χ0n) is 12.9. The highest BCUT2D eigenvalue weighted by molar-refractivity contribution is 7.91. The molecule has 9 heteroatoms. The molecule has 1 atom stereocenters. The Labute approximate surface area is 150 Å². The molecule has 0 aliphatic carbocycles. The van der Waals surface area contributed by atoms with Crippen molar-refractivity contribution < 1.29 is 8.42 Å². The number of nitrogens with zero attached hydrogens (tertiary/aromatic N) is 2. The Hall–Kier alpha value is -1.57. The van der Waals surface area contributed by atoms with Gasteiger partial charge in [-0.2, -0.15) is 0 Å². The van der Waals surface area contributed by atoms with Gasteiger partial charge in [0.05, 0.1) is 22.2 Å². The van der Waals surface area contributed by atoms with E-state index in [1.807, 2.05) is 0 Å². The van der Waals surface area contributed by atoms with Crippen LogP contribution in [0.1, 0.15) is 12.2 Å². The first-order valence-electron chi connectivity index (χ1n) is 7.35. The first kappa shape index (κ1) is 17.3. The molecular weight excluding hydrogens is 371 g/mol. The lowest BCUT2D eigenvalue weighted by Gasteiger charge is -2.14. The zero-order chi connectivity index (χ0) is 17.3. The lowest BCUT2D eigenvalue weighted by molar-refractivity contribution is 0.602. The Morgan fingerprint density at radius 3 is 2.62 bits per heavy atom. The average Bonchev–Trinajstić information content (AvgIpc) is 2.81. The molecule has 1 unspecified atom stereocenters. The fourth-order valence-electron chi connectivity index (χ4n) is 2.55. The number of hydrogen-bond donors (Lipinski definition) is 2. The van der Waals surface area contributed by atoms with Crippen LogP contribution in [0, 0.1) is 6.92 Å². The van der Waals surface area contributed by atoms with Crippen molar-refractivity contribution >= 4 is 50.4 Å². The van der Waals surface area contributed by atoms with Crippen LogP contribution < -0.4 is 10.6 Å². The van der Waals surface area contributed by atoms with Gasteiger partial charge >= 0.3 is 0 Å². The minimum atomic E-state index is -2.95. The summed E-state index contributed by atoms with van der Waals surface area (Å²) in [5.74, 6) is 2.01. The third kappa shape index (κ3) is 4.28. The Bertz CT molecular complexity index is 874. The predicted molar refractivity (Wildman–Crippen MR) is 97.2 cm³/mol. The average molecular weight is 387 g/mol. The van der Waals surface area contributed by atoms with Crippen molar-refractivity contribution in [2.24, 2.45) is 0 Å². The maximum absolute atomic E-state index is 11.6. The SMILES string of the molecule is Cc1nc(Nc2cc(Cl)ccc2Cl)cc(NC2CCS(=O)(=O)C2)n1. The fraction of sp³-hybridized carbons (Fsp3) is 0.333. The normalized spacial score (nSPS) is 19.2. The van der Waals surface area contributed by atoms with Gasteiger partial charge in [0.2, 0.25) is 0 Å². The summed E-state index contributed by atoms with van der Waals surface area (Å²) in [6.07, 6.45) is 0.578. The Balaban J connectivity index is 1.80. The molecule has 1 saturated heterocycles. The van der Waals surface area contributed by atoms with Crippen LogP contribution in [0.5, 0.6) is 0 Å². The smallest absolute Gasteiger partial charge is 0.152 e. The number of aryl methyl sites for hydroxylation is 1. The van der Waals surface area contributed by atoms with Gasteiger partial charge in [-0.25, -0.2) is 18.4 Å². The van der Waals surface area contributed by atoms with Crippen LogP contribution in [0.3, 0.4) is 0 Å². The number of aromatic nitrogens is 2. The minimum Gasteiger partial charge on any atom is -0.366 e. The van der Waals surface area contributed by atoms with E-state index < -0.39 is 9.84 Å². The van der Waals surface area contributed by atoms with Gasteiger partial charge in [-0.05, 0) is 31.5 Å². The number of halogens is 2. The largest absolute Gasteiger partial charge is 0.366 e. The maximum Gasteiger partial charge on any atom is 0.152 e. The van der Waals surface area contributed by atoms with Gasteiger partial charge in [0.15, 0.2) is 9.84 Å². The van der Waals surface area contributed by atoms with E-state index >= 15 is 0 Å². The van der Waals surface area contributed by atoms with Gasteiger partial charge in [0, 0.05) is 17.1 Å². The van der Waals surface area contributed by atoms with Gasteiger partial charge in [0.25, 0.3) is 0 Å². The van der Waals surface area contributed by atoms with Gasteiger partial charge in [-0.15, -0.1) is 0 Å². The maximum atomic E-state index is 11.6. The van der Waals surface area contributed by atoms with Crippen molar-refractivity contribution in [1.29, 1.82) is 0 Å². The van der Waals surface area contributed by atoms with E-state index in [4.69, 9.17) is 23.2 Å². The van der Waals surface area contributed by atoms with Crippen molar-refractivity contribution in [3.63, 3.8) is 0 Å². The van der Waals surface area contributed by atoms with Crippen LogP contribution in [-0.4, -0.2) is 35.9 Å². The molecular formula is C15H16Cl2N4O2S. The molecule has 6 nitrogen and oxygen atoms in total. The highest BCUT2D eigenvalue weighted by atomic mass is 35.5. The highest BCUT2D eigenvalue weighted by Gasteiger charge is 2.28. The van der Waals surface area contributed by atoms with E-state index in [2.05, 4.69) is 20.6 Å². The Morgan fingerprint density at radius 1 is 1.17 bits per heavy atom. The predicted octanol–water partition coefficient (Wildman–Crippen LogP) is 3.43. The topological polar surface area (TPSA) is 84.0 Å². The van der Waals surface area contributed by atoms with Crippen molar-refractivity contribution in [3.8, 4) is 0 Å². The zero-order valence-corrected chi connectivity index (χ0v) is 15.2. The Kier molecular flexibility index (Phi) is 4.85. The first-order chi connectivity index (χ1) is 11.3. The summed E-state index contributed by atoms with van der Waals surface area (Å²) in [5.41, 5.74) is 0.636. The molecule has 0 amide bonds. The highest BCUT2D eigenvalue weighted by Crippen LogP contribution is 2.28. The molecule has 0 saturated carbocycles. The first-order valence-corrected chi connectivity index (χ1v) is 9.93. The molecule has 128 valence electrons. The number of nitrogens with one attached hydrogen (secondary N) is 2. The summed E-state index contributed by atoms with van der Waals surface area (Å²) >= 11 is 12.1. The van der Waals surface area contributed by atoms with Crippen LogP contribution in [0.4, 0.5) is 17.3 Å². The van der Waals surface area contributed by atoms with Crippen LogP contribution >= 0.6 is 23.2 Å². The van der Waals surface area contributed by atoms with E-state index in [1.54, 1.807) is 31.2 Å². The molecule has 1 aromatic heterocycles. The molecule has 0 spiro atoms. The molecule has 1 aliphatic rings. The third-order valence-electron chi connectivity index (χ3n) is 3.61. The lowest BCUT2D eigenvalue weighted by Crippen LogP contribution is -2.21. The van der Waals surface area contributed by atoms with Crippen LogP contribution in [-0.2, 0) is 9.84 Å². The van der Waals surface area contributed by atoms with Gasteiger partial charge < -0.3 is 10.6 Å². The summed E-state index contributed by atoms with van der Waals surface area (Å²) in [6, 6.07) is 6.69. The van der Waals surface area contributed by atoms with E-state index in [0.29, 0.717) is 39.6 Å². The summed E-state index contributed by atoms with van der Waals surface area (Å²) < 4.78 is 23.1. The summed E-state index contributed by atoms with van der Waals surface area (Å²) in [6.45, 7) is 1.77. The molecule has 2 N–H and O–H groups in total. The minimum absolute atomic E-state index is 0.124. The van der Waals surface area contributed by atoms with Crippen molar-refractivity contribution in [1.82, 2.24) is 9.97 Å². The lowest BCUT2D eigenvalue weighted by atomic mass is 10.2. The summed E-state index contributed by atoms with van der Waals surface area (Å²) in [4.78, 5) is 8.63. The quantitative estimate of drug-likeness (QED) is 0.836. The molecule has 0 bridgehead atoms. The van der Waals surface area contributed by atoms with E-state index in [-0.39, 0.29) is 17.5 Å². The van der Waals surface area contributed by atoms with Crippen LogP contribution in [0.15, 0.2) is 24.3 Å². The van der Waals surface area contributed by atoms with Crippen molar-refractivity contribution in [2.45, 2.75) is 19.4 Å². The standard InChI is InChI=1S/C15H16Cl2N4O2S/c1-9-18-14(20-11-4-5-24(22,23)8-11)7-15(19-9)21-13-6-10(16)2-3-12(13)17/h2-3,6-7,11H,4-5,8H2,1H3,(H2,18,19,20,21). The number of anilines is 3. The molecule has 1 fully saturated rings. The Morgan fingerprint density at radius 2 is 1.92 bits per heavy atom. The van der Waals surface area contributed by atoms with E-state index in [1.165, 1.54) is 0 Å². The monoisotopic (exact) mass is 386 g/mol. The number of rotatable bonds is 4. The molecule has 0 radical (unpaired) electrons. The van der Waals surface area contributed by atoms with E-state index in [0.717, 1.165) is 0 Å². The molecule has 3 rings (SSSR count). The number of hydrogen-bond acceptors (Lipinski definition) is 6. The van der Waals surface area contributed by atoms with Crippen molar-refractivity contribution in [3.05, 3.63) is 40.1 Å². The third-order valence-corrected chi connectivity index (χ3v) is 5.95. The number of benzene rings is 1. The number of sulfone groups is 1. The second-order valence-electron chi connectivity index (χ2n) is 5.68. The second-order valence-corrected chi connectivity index (χ2v) is 8.75.